The van der Waals surface area contributed by atoms with Gasteiger partial charge in [-0.3, -0.25) is 4.68 Å². The van der Waals surface area contributed by atoms with Crippen molar-refractivity contribution in [2.75, 3.05) is 0 Å². The van der Waals surface area contributed by atoms with Crippen molar-refractivity contribution in [3.8, 4) is 6.07 Å². The van der Waals surface area contributed by atoms with Gasteiger partial charge in [0.15, 0.2) is 0 Å². The van der Waals surface area contributed by atoms with Gasteiger partial charge in [0.05, 0.1) is 24.2 Å². The third kappa shape index (κ3) is 1.85. The van der Waals surface area contributed by atoms with E-state index in [4.69, 9.17) is 5.26 Å². The van der Waals surface area contributed by atoms with Crippen LogP contribution in [-0.4, -0.2) is 9.78 Å². The lowest BCUT2D eigenvalue weighted by molar-refractivity contribution is 0.515. The monoisotopic (exact) mass is 163 g/mol. The van der Waals surface area contributed by atoms with Gasteiger partial charge in [0.1, 0.15) is 0 Å². The van der Waals surface area contributed by atoms with Crippen molar-refractivity contribution >= 4 is 0 Å². The molecule has 0 bridgehead atoms. The molecule has 0 saturated heterocycles. The van der Waals surface area contributed by atoms with Crippen LogP contribution in [0.5, 0.6) is 0 Å². The predicted molar refractivity (Wildman–Crippen MR) is 46.5 cm³/mol. The second kappa shape index (κ2) is 3.40. The molecule has 0 aliphatic rings. The molecule has 64 valence electrons. The summed E-state index contributed by atoms with van der Waals surface area (Å²) in [5, 5.41) is 12.9. The van der Waals surface area contributed by atoms with E-state index in [0.29, 0.717) is 6.54 Å². The molecular weight excluding hydrogens is 150 g/mol. The molecule has 0 amide bonds. The van der Waals surface area contributed by atoms with Crippen molar-refractivity contribution in [3.63, 3.8) is 0 Å². The third-order valence-electron chi connectivity index (χ3n) is 1.77. The summed E-state index contributed by atoms with van der Waals surface area (Å²) >= 11 is 0. The Balaban J connectivity index is 2.76. The number of aromatic nitrogens is 2. The average molecular weight is 163 g/mol. The molecule has 0 N–H and O–H groups in total. The second-order valence-electron chi connectivity index (χ2n) is 3.14. The first kappa shape index (κ1) is 8.79. The van der Waals surface area contributed by atoms with Crippen LogP contribution >= 0.6 is 0 Å². The van der Waals surface area contributed by atoms with Gasteiger partial charge < -0.3 is 0 Å². The first-order valence-electron chi connectivity index (χ1n) is 4.04. The zero-order valence-corrected chi connectivity index (χ0v) is 7.70. The van der Waals surface area contributed by atoms with Crippen LogP contribution in [0, 0.1) is 31.1 Å². The molecule has 1 rings (SSSR count). The van der Waals surface area contributed by atoms with E-state index in [0.717, 1.165) is 11.4 Å². The summed E-state index contributed by atoms with van der Waals surface area (Å²) in [6.07, 6.45) is 0. The summed E-state index contributed by atoms with van der Waals surface area (Å²) in [6.45, 7) is 6.55. The standard InChI is InChI=1S/C9H13N3/c1-7(5-10)6-12-9(3)4-8(2)11-12/h4,7H,6H2,1-3H3/t7-/m1/s1. The van der Waals surface area contributed by atoms with Gasteiger partial charge in [0.25, 0.3) is 0 Å². The van der Waals surface area contributed by atoms with Crippen LogP contribution in [0.4, 0.5) is 0 Å². The lowest BCUT2D eigenvalue weighted by atomic mass is 10.2. The lowest BCUT2D eigenvalue weighted by Gasteiger charge is -2.04. The summed E-state index contributed by atoms with van der Waals surface area (Å²) in [7, 11) is 0. The van der Waals surface area contributed by atoms with E-state index >= 15 is 0 Å². The van der Waals surface area contributed by atoms with Gasteiger partial charge >= 0.3 is 0 Å². The zero-order chi connectivity index (χ0) is 9.14. The Kier molecular flexibility index (Phi) is 2.49. The maximum Gasteiger partial charge on any atom is 0.0672 e. The topological polar surface area (TPSA) is 41.6 Å². The number of nitriles is 1. The summed E-state index contributed by atoms with van der Waals surface area (Å²) in [6, 6.07) is 4.21. The molecule has 0 fully saturated rings. The molecule has 0 radical (unpaired) electrons. The Morgan fingerprint density at radius 3 is 2.75 bits per heavy atom. The zero-order valence-electron chi connectivity index (χ0n) is 7.70. The molecule has 12 heavy (non-hydrogen) atoms. The number of hydrogen-bond donors (Lipinski definition) is 0. The van der Waals surface area contributed by atoms with E-state index in [1.54, 1.807) is 0 Å². The molecule has 3 heteroatoms. The third-order valence-corrected chi connectivity index (χ3v) is 1.77. The fourth-order valence-electron chi connectivity index (χ4n) is 1.16. The smallest absolute Gasteiger partial charge is 0.0672 e. The Morgan fingerprint density at radius 2 is 2.33 bits per heavy atom. The molecule has 0 saturated carbocycles. The molecule has 0 aliphatic heterocycles. The number of rotatable bonds is 2. The summed E-state index contributed by atoms with van der Waals surface area (Å²) in [5.74, 6) is 0.0306. The first-order valence-corrected chi connectivity index (χ1v) is 4.04. The Hall–Kier alpha value is -1.30. The van der Waals surface area contributed by atoms with Crippen molar-refractivity contribution in [2.24, 2.45) is 5.92 Å². The van der Waals surface area contributed by atoms with E-state index in [9.17, 15) is 0 Å². The molecule has 0 unspecified atom stereocenters. The van der Waals surface area contributed by atoms with Crippen LogP contribution in [0.3, 0.4) is 0 Å². The van der Waals surface area contributed by atoms with Gasteiger partial charge in [-0.25, -0.2) is 0 Å². The maximum absolute atomic E-state index is 8.60. The predicted octanol–water partition coefficient (Wildman–Crippen LogP) is 1.66. The van der Waals surface area contributed by atoms with Gasteiger partial charge in [-0.05, 0) is 26.8 Å². The van der Waals surface area contributed by atoms with Crippen LogP contribution in [0.15, 0.2) is 6.07 Å². The van der Waals surface area contributed by atoms with Gasteiger partial charge in [-0.1, -0.05) is 0 Å². The molecule has 0 spiro atoms. The van der Waals surface area contributed by atoms with E-state index in [-0.39, 0.29) is 5.92 Å². The van der Waals surface area contributed by atoms with Gasteiger partial charge in [0.2, 0.25) is 0 Å². The first-order chi connectivity index (χ1) is 5.63. The van der Waals surface area contributed by atoms with Crippen LogP contribution in [0.2, 0.25) is 0 Å². The Labute approximate surface area is 72.6 Å². The highest BCUT2D eigenvalue weighted by molar-refractivity contribution is 5.06. The minimum Gasteiger partial charge on any atom is -0.268 e. The summed E-state index contributed by atoms with van der Waals surface area (Å²) in [4.78, 5) is 0. The van der Waals surface area contributed by atoms with Crippen LogP contribution < -0.4 is 0 Å². The molecule has 0 aliphatic carbocycles. The van der Waals surface area contributed by atoms with Crippen LogP contribution in [0.1, 0.15) is 18.3 Å². The molecule has 3 nitrogen and oxygen atoms in total. The average Bonchev–Trinajstić information content (AvgIpc) is 2.30. The highest BCUT2D eigenvalue weighted by Gasteiger charge is 2.04. The van der Waals surface area contributed by atoms with Crippen molar-refractivity contribution < 1.29 is 0 Å². The highest BCUT2D eigenvalue weighted by Crippen LogP contribution is 2.05. The molecular formula is C9H13N3. The van der Waals surface area contributed by atoms with E-state index < -0.39 is 0 Å². The molecule has 1 atom stereocenters. The van der Waals surface area contributed by atoms with Crippen LogP contribution in [-0.2, 0) is 6.54 Å². The summed E-state index contributed by atoms with van der Waals surface area (Å²) in [5.41, 5.74) is 2.13. The molecule has 1 heterocycles. The van der Waals surface area contributed by atoms with Crippen molar-refractivity contribution in [3.05, 3.63) is 17.5 Å². The number of nitrogens with zero attached hydrogens (tertiary/aromatic N) is 3. The molecule has 0 aromatic carbocycles. The SMILES string of the molecule is Cc1cc(C)n(C[C@H](C)C#N)n1. The maximum atomic E-state index is 8.60. The minimum absolute atomic E-state index is 0.0306. The van der Waals surface area contributed by atoms with Gasteiger partial charge in [-0.2, -0.15) is 10.4 Å². The van der Waals surface area contributed by atoms with Gasteiger partial charge in [-0.15, -0.1) is 0 Å². The highest BCUT2D eigenvalue weighted by atomic mass is 15.3. The number of aryl methyl sites for hydroxylation is 2. The van der Waals surface area contributed by atoms with E-state index in [2.05, 4.69) is 11.2 Å². The van der Waals surface area contributed by atoms with Gasteiger partial charge in [0, 0.05) is 5.69 Å². The fraction of sp³-hybridized carbons (Fsp3) is 0.556. The lowest BCUT2D eigenvalue weighted by Crippen LogP contribution is -2.08. The normalized spacial score (nSPS) is 12.5. The Bertz CT molecular complexity index is 306. The van der Waals surface area contributed by atoms with Crippen molar-refractivity contribution in [1.29, 1.82) is 5.26 Å². The van der Waals surface area contributed by atoms with E-state index in [1.165, 1.54) is 0 Å². The number of hydrogen-bond acceptors (Lipinski definition) is 2. The van der Waals surface area contributed by atoms with Crippen molar-refractivity contribution in [1.82, 2.24) is 9.78 Å². The Morgan fingerprint density at radius 1 is 1.67 bits per heavy atom. The molecule has 1 aromatic rings. The minimum atomic E-state index is 0.0306. The largest absolute Gasteiger partial charge is 0.268 e. The summed E-state index contributed by atoms with van der Waals surface area (Å²) < 4.78 is 1.88. The quantitative estimate of drug-likeness (QED) is 0.665. The van der Waals surface area contributed by atoms with Crippen molar-refractivity contribution in [2.45, 2.75) is 27.3 Å². The van der Waals surface area contributed by atoms with Crippen LogP contribution in [0.25, 0.3) is 0 Å². The molecule has 1 aromatic heterocycles. The van der Waals surface area contributed by atoms with E-state index in [1.807, 2.05) is 31.5 Å². The second-order valence-corrected chi connectivity index (χ2v) is 3.14. The fourth-order valence-corrected chi connectivity index (χ4v) is 1.16.